The van der Waals surface area contributed by atoms with Crippen LogP contribution in [0.3, 0.4) is 0 Å². The van der Waals surface area contributed by atoms with Gasteiger partial charge in [-0.05, 0) is 65.3 Å². The second-order valence-electron chi connectivity index (χ2n) is 6.16. The van der Waals surface area contributed by atoms with E-state index in [9.17, 15) is 14.0 Å². The van der Waals surface area contributed by atoms with Crippen LogP contribution in [0.5, 0.6) is 5.75 Å². The van der Waals surface area contributed by atoms with Crippen LogP contribution in [0.2, 0.25) is 0 Å². The standard InChI is InChI=1S/C21H19BrFN3O3/c1-3-26-12-14(22)10-18(26)21(28)24-16-7-8-19(29-2)17(11-16)25-20(27)13-5-4-6-15(23)9-13/h4-12H,3H2,1-2H3,(H,24,28)(H,25,27). The van der Waals surface area contributed by atoms with Gasteiger partial charge in [-0.25, -0.2) is 4.39 Å². The lowest BCUT2D eigenvalue weighted by molar-refractivity contribution is 0.101. The highest BCUT2D eigenvalue weighted by Crippen LogP contribution is 2.29. The maximum Gasteiger partial charge on any atom is 0.272 e. The molecular weight excluding hydrogens is 441 g/mol. The number of hydrogen-bond donors (Lipinski definition) is 2. The molecule has 3 aromatic rings. The number of aryl methyl sites for hydroxylation is 1. The van der Waals surface area contributed by atoms with Crippen molar-refractivity contribution >= 4 is 39.1 Å². The summed E-state index contributed by atoms with van der Waals surface area (Å²) in [5.41, 5.74) is 1.50. The van der Waals surface area contributed by atoms with Crippen LogP contribution in [0.15, 0.2) is 59.2 Å². The number of aromatic nitrogens is 1. The third-order valence-electron chi connectivity index (χ3n) is 4.23. The van der Waals surface area contributed by atoms with E-state index in [2.05, 4.69) is 26.6 Å². The predicted molar refractivity (Wildman–Crippen MR) is 113 cm³/mol. The number of carbonyl (C=O) groups excluding carboxylic acids is 2. The van der Waals surface area contributed by atoms with Crippen molar-refractivity contribution in [3.05, 3.63) is 76.3 Å². The van der Waals surface area contributed by atoms with Crippen molar-refractivity contribution in [2.24, 2.45) is 0 Å². The summed E-state index contributed by atoms with van der Waals surface area (Å²) < 4.78 is 21.3. The van der Waals surface area contributed by atoms with Crippen molar-refractivity contribution in [3.63, 3.8) is 0 Å². The van der Waals surface area contributed by atoms with E-state index in [1.54, 1.807) is 24.3 Å². The van der Waals surface area contributed by atoms with Gasteiger partial charge in [-0.15, -0.1) is 0 Å². The Labute approximate surface area is 175 Å². The van der Waals surface area contributed by atoms with Gasteiger partial charge in [-0.1, -0.05) is 6.07 Å². The Kier molecular flexibility index (Phi) is 6.33. The minimum Gasteiger partial charge on any atom is -0.495 e. The molecule has 150 valence electrons. The molecule has 0 spiro atoms. The Morgan fingerprint density at radius 3 is 2.59 bits per heavy atom. The number of nitrogens with zero attached hydrogens (tertiary/aromatic N) is 1. The molecule has 1 heterocycles. The van der Waals surface area contributed by atoms with Gasteiger partial charge in [0.15, 0.2) is 0 Å². The largest absolute Gasteiger partial charge is 0.495 e. The van der Waals surface area contributed by atoms with Crippen molar-refractivity contribution in [3.8, 4) is 5.75 Å². The van der Waals surface area contributed by atoms with Crippen LogP contribution in [0.1, 0.15) is 27.8 Å². The Morgan fingerprint density at radius 2 is 1.90 bits per heavy atom. The van der Waals surface area contributed by atoms with Crippen LogP contribution in [-0.2, 0) is 6.54 Å². The second kappa shape index (κ2) is 8.91. The van der Waals surface area contributed by atoms with Crippen molar-refractivity contribution in [1.82, 2.24) is 4.57 Å². The van der Waals surface area contributed by atoms with Gasteiger partial charge < -0.3 is 19.9 Å². The van der Waals surface area contributed by atoms with Crippen molar-refractivity contribution < 1.29 is 18.7 Å². The van der Waals surface area contributed by atoms with Gasteiger partial charge in [-0.3, -0.25) is 9.59 Å². The first-order valence-corrected chi connectivity index (χ1v) is 9.62. The molecule has 0 radical (unpaired) electrons. The van der Waals surface area contributed by atoms with Gasteiger partial charge in [-0.2, -0.15) is 0 Å². The zero-order valence-electron chi connectivity index (χ0n) is 15.8. The summed E-state index contributed by atoms with van der Waals surface area (Å²) in [6, 6.07) is 12.0. The smallest absolute Gasteiger partial charge is 0.272 e. The average molecular weight is 460 g/mol. The highest BCUT2D eigenvalue weighted by atomic mass is 79.9. The van der Waals surface area contributed by atoms with Crippen LogP contribution in [0.4, 0.5) is 15.8 Å². The van der Waals surface area contributed by atoms with E-state index < -0.39 is 11.7 Å². The summed E-state index contributed by atoms with van der Waals surface area (Å²) in [5, 5.41) is 5.50. The van der Waals surface area contributed by atoms with E-state index in [1.165, 1.54) is 25.3 Å². The SMILES string of the molecule is CCn1cc(Br)cc1C(=O)Nc1ccc(OC)c(NC(=O)c2cccc(F)c2)c1. The second-order valence-corrected chi connectivity index (χ2v) is 7.08. The van der Waals surface area contributed by atoms with Crippen molar-refractivity contribution in [2.75, 3.05) is 17.7 Å². The molecule has 2 aromatic carbocycles. The highest BCUT2D eigenvalue weighted by molar-refractivity contribution is 9.10. The molecule has 0 unspecified atom stereocenters. The number of benzene rings is 2. The van der Waals surface area contributed by atoms with Crippen LogP contribution >= 0.6 is 15.9 Å². The van der Waals surface area contributed by atoms with Gasteiger partial charge in [0, 0.05) is 28.5 Å². The van der Waals surface area contributed by atoms with E-state index in [4.69, 9.17) is 4.74 Å². The summed E-state index contributed by atoms with van der Waals surface area (Å²) in [6.07, 6.45) is 1.83. The molecular formula is C21H19BrFN3O3. The molecule has 8 heteroatoms. The molecule has 2 amide bonds. The van der Waals surface area contributed by atoms with Crippen LogP contribution in [0, 0.1) is 5.82 Å². The molecule has 0 bridgehead atoms. The van der Waals surface area contributed by atoms with Gasteiger partial charge in [0.25, 0.3) is 11.8 Å². The van der Waals surface area contributed by atoms with Gasteiger partial charge in [0.05, 0.1) is 12.8 Å². The zero-order valence-corrected chi connectivity index (χ0v) is 17.4. The number of anilines is 2. The fourth-order valence-corrected chi connectivity index (χ4v) is 3.29. The molecule has 3 rings (SSSR count). The number of methoxy groups -OCH3 is 1. The van der Waals surface area contributed by atoms with E-state index in [0.29, 0.717) is 29.4 Å². The van der Waals surface area contributed by atoms with Crippen LogP contribution < -0.4 is 15.4 Å². The normalized spacial score (nSPS) is 10.5. The van der Waals surface area contributed by atoms with Crippen LogP contribution in [0.25, 0.3) is 0 Å². The molecule has 29 heavy (non-hydrogen) atoms. The first-order chi connectivity index (χ1) is 13.9. The van der Waals surface area contributed by atoms with E-state index in [1.807, 2.05) is 17.7 Å². The predicted octanol–water partition coefficient (Wildman–Crippen LogP) is 4.92. The summed E-state index contributed by atoms with van der Waals surface area (Å²) in [6.45, 7) is 2.59. The number of carbonyl (C=O) groups is 2. The fraction of sp³-hybridized carbons (Fsp3) is 0.143. The number of nitrogens with one attached hydrogen (secondary N) is 2. The molecule has 0 saturated heterocycles. The monoisotopic (exact) mass is 459 g/mol. The average Bonchev–Trinajstić information content (AvgIpc) is 3.09. The molecule has 6 nitrogen and oxygen atoms in total. The van der Waals surface area contributed by atoms with Crippen LogP contribution in [-0.4, -0.2) is 23.5 Å². The Morgan fingerprint density at radius 1 is 1.10 bits per heavy atom. The van der Waals surface area contributed by atoms with Gasteiger partial charge in [0.1, 0.15) is 17.3 Å². The molecule has 0 aliphatic heterocycles. The molecule has 2 N–H and O–H groups in total. The van der Waals surface area contributed by atoms with Gasteiger partial charge >= 0.3 is 0 Å². The number of halogens is 2. The summed E-state index contributed by atoms with van der Waals surface area (Å²) in [4.78, 5) is 25.1. The third kappa shape index (κ3) is 4.83. The first kappa shape index (κ1) is 20.6. The number of hydrogen-bond acceptors (Lipinski definition) is 3. The molecule has 0 aliphatic rings. The highest BCUT2D eigenvalue weighted by Gasteiger charge is 2.15. The summed E-state index contributed by atoms with van der Waals surface area (Å²) in [5.74, 6) is -0.872. The minimum absolute atomic E-state index is 0.173. The Bertz CT molecular complexity index is 1070. The summed E-state index contributed by atoms with van der Waals surface area (Å²) in [7, 11) is 1.47. The first-order valence-electron chi connectivity index (χ1n) is 8.83. The third-order valence-corrected chi connectivity index (χ3v) is 4.66. The molecule has 1 aromatic heterocycles. The Balaban J connectivity index is 1.83. The maximum atomic E-state index is 13.4. The molecule has 0 saturated carbocycles. The lowest BCUT2D eigenvalue weighted by Gasteiger charge is -2.13. The molecule has 0 fully saturated rings. The topological polar surface area (TPSA) is 72.4 Å². The lowest BCUT2D eigenvalue weighted by Crippen LogP contribution is -2.17. The minimum atomic E-state index is -0.504. The van der Waals surface area contributed by atoms with Crippen molar-refractivity contribution in [1.29, 1.82) is 0 Å². The Hall–Kier alpha value is -3.13. The van der Waals surface area contributed by atoms with E-state index >= 15 is 0 Å². The quantitative estimate of drug-likeness (QED) is 0.549. The fourth-order valence-electron chi connectivity index (χ4n) is 2.83. The van der Waals surface area contributed by atoms with E-state index in [-0.39, 0.29) is 11.5 Å². The number of rotatable bonds is 6. The molecule has 0 atom stereocenters. The maximum absolute atomic E-state index is 13.4. The van der Waals surface area contributed by atoms with Gasteiger partial charge in [0.2, 0.25) is 0 Å². The number of amides is 2. The summed E-state index contributed by atoms with van der Waals surface area (Å²) >= 11 is 3.37. The lowest BCUT2D eigenvalue weighted by atomic mass is 10.2. The molecule has 0 aliphatic carbocycles. The van der Waals surface area contributed by atoms with Crippen molar-refractivity contribution in [2.45, 2.75) is 13.5 Å². The number of ether oxygens (including phenoxy) is 1. The van der Waals surface area contributed by atoms with E-state index in [0.717, 1.165) is 10.5 Å². The zero-order chi connectivity index (χ0) is 21.0.